The highest BCUT2D eigenvalue weighted by molar-refractivity contribution is 9.12. The van der Waals surface area contributed by atoms with Crippen LogP contribution in [0.4, 0.5) is 0 Å². The highest BCUT2D eigenvalue weighted by atomic mass is 79.9. The molecule has 4 N–H and O–H groups in total. The average molecular weight is 2450 g/mol. The molecule has 16 aromatic carbocycles. The van der Waals surface area contributed by atoms with E-state index in [9.17, 15) is 30.0 Å². The van der Waals surface area contributed by atoms with Crippen LogP contribution < -0.4 is 0 Å². The van der Waals surface area contributed by atoms with E-state index >= 15 is 0 Å². The number of fused-ring (bicyclic) bond motifs is 8. The molecule has 0 bridgehead atoms. The van der Waals surface area contributed by atoms with Crippen molar-refractivity contribution < 1.29 is 30.0 Å². The fourth-order valence-corrected chi connectivity index (χ4v) is 23.0. The summed E-state index contributed by atoms with van der Waals surface area (Å²) < 4.78 is 8.38. The Morgan fingerprint density at radius 1 is 0.191 bits per heavy atom. The summed E-state index contributed by atoms with van der Waals surface area (Å²) >= 11 is 32.1. The highest BCUT2D eigenvalue weighted by Gasteiger charge is 2.53. The zero-order valence-electron chi connectivity index (χ0n) is 80.9. The van der Waals surface area contributed by atoms with Gasteiger partial charge in [0.15, 0.2) is 11.6 Å². The van der Waals surface area contributed by atoms with Crippen molar-refractivity contribution in [3.63, 3.8) is 0 Å². The molecular formula is C126H119Br9O6. The number of aryl methyl sites for hydroxylation is 7. The summed E-state index contributed by atoms with van der Waals surface area (Å²) in [4.78, 5) is 24.7. The molecule has 4 unspecified atom stereocenters. The lowest BCUT2D eigenvalue weighted by atomic mass is 9.63. The standard InChI is InChI=1S/2C34H34Br2O2.C34H32Br2.C14H6Br2O2.C10H13Br/c2*1-3-5-7-23-9-13-25(14-10-23)33(37)29-19-17-28(36)22-32(29)34(38,30-20-18-27(35)21-31(30)33)26-15-11-24(12-16-26)8-6-4-2;1-3-5-7-23-9-13-25(14-10-23)33-29-19-17-28(36)22-32(29)34(30-20-18-27(35)21-31(30)33)26-15-11-24(12-16-26)8-6-4-2;15-7-1-3-9-11(5-7)14(18)10-4-2-8(16)6-12(10)13(9)17;1-2-3-4-9-5-7-10(11)8-6-9/h2*9-22,37-38H,3-8H2,1-2H3;9-22H,3-8H2,1-2H3;1-6H;5-8H,2-4H2,1H3. The van der Waals surface area contributed by atoms with E-state index in [1.165, 1.54) is 128 Å². The second kappa shape index (κ2) is 48.7. The third-order valence-electron chi connectivity index (χ3n) is 27.6. The summed E-state index contributed by atoms with van der Waals surface area (Å²) in [7, 11) is 0. The first-order valence-corrected chi connectivity index (χ1v) is 56.7. The van der Waals surface area contributed by atoms with Crippen molar-refractivity contribution in [2.75, 3.05) is 0 Å². The van der Waals surface area contributed by atoms with Crippen LogP contribution in [0.1, 0.15) is 276 Å². The largest absolute Gasteiger partial charge is 0.376 e. The van der Waals surface area contributed by atoms with Crippen molar-refractivity contribution in [3.05, 3.63) is 484 Å². The van der Waals surface area contributed by atoms with E-state index in [0.29, 0.717) is 66.8 Å². The first-order valence-electron chi connectivity index (χ1n) is 49.6. The van der Waals surface area contributed by atoms with Gasteiger partial charge in [-0.25, -0.2) is 0 Å². The fourth-order valence-electron chi connectivity index (χ4n) is 19.9. The fraction of sp³-hybridized carbons (Fsp3) is 0.254. The van der Waals surface area contributed by atoms with Crippen LogP contribution in [0.5, 0.6) is 0 Å². The molecule has 141 heavy (non-hydrogen) atoms. The third kappa shape index (κ3) is 23.6. The highest BCUT2D eigenvalue weighted by Crippen LogP contribution is 2.57. The van der Waals surface area contributed by atoms with Crippen LogP contribution in [-0.2, 0) is 67.3 Å². The van der Waals surface area contributed by atoms with Gasteiger partial charge in [-0.15, -0.1) is 0 Å². The Morgan fingerprint density at radius 3 is 0.617 bits per heavy atom. The lowest BCUT2D eigenvalue weighted by Gasteiger charge is -2.45. The topological polar surface area (TPSA) is 115 Å². The molecule has 16 aromatic rings. The lowest BCUT2D eigenvalue weighted by Crippen LogP contribution is -2.44. The zero-order chi connectivity index (χ0) is 99.9. The van der Waals surface area contributed by atoms with Crippen molar-refractivity contribution in [2.45, 2.75) is 206 Å². The molecule has 0 saturated heterocycles. The van der Waals surface area contributed by atoms with E-state index in [1.54, 1.807) is 36.4 Å². The molecule has 3 aliphatic rings. The van der Waals surface area contributed by atoms with Crippen LogP contribution in [0, 0.1) is 0 Å². The Bertz CT molecular complexity index is 6480. The van der Waals surface area contributed by atoms with E-state index in [2.05, 4.69) is 350 Å². The van der Waals surface area contributed by atoms with Gasteiger partial charge in [-0.05, 0) is 338 Å². The molecule has 0 aromatic heterocycles. The predicted octanol–water partition coefficient (Wildman–Crippen LogP) is 36.9. The molecule has 0 heterocycles. The number of halogens is 9. The van der Waals surface area contributed by atoms with Gasteiger partial charge in [0.05, 0.1) is 0 Å². The molecule has 0 saturated carbocycles. The van der Waals surface area contributed by atoms with Crippen molar-refractivity contribution in [3.8, 4) is 22.3 Å². The van der Waals surface area contributed by atoms with Crippen molar-refractivity contribution in [2.24, 2.45) is 0 Å². The molecular weight excluding hydrogens is 2330 g/mol. The summed E-state index contributed by atoms with van der Waals surface area (Å²) in [6.07, 6.45) is 24.2. The predicted molar refractivity (Wildman–Crippen MR) is 618 cm³/mol. The molecule has 3 aliphatic carbocycles. The molecule has 0 spiro atoms. The maximum atomic E-state index is 12.7. The van der Waals surface area contributed by atoms with Gasteiger partial charge in [0, 0.05) is 84.8 Å². The number of rotatable bonds is 27. The smallest absolute Gasteiger partial charge is 0.194 e. The number of ketones is 2. The molecule has 0 fully saturated rings. The first-order chi connectivity index (χ1) is 68.1. The quantitative estimate of drug-likeness (QED) is 0.0381. The Hall–Kier alpha value is -8.46. The van der Waals surface area contributed by atoms with Gasteiger partial charge in [0.2, 0.25) is 0 Å². The second-order valence-corrected chi connectivity index (χ2v) is 45.5. The van der Waals surface area contributed by atoms with Crippen molar-refractivity contribution in [1.29, 1.82) is 0 Å². The van der Waals surface area contributed by atoms with Gasteiger partial charge < -0.3 is 20.4 Å². The molecule has 0 radical (unpaired) electrons. The molecule has 19 rings (SSSR count). The van der Waals surface area contributed by atoms with E-state index in [0.717, 1.165) is 152 Å². The molecule has 0 aliphatic heterocycles. The number of hydrogen-bond acceptors (Lipinski definition) is 6. The van der Waals surface area contributed by atoms with Crippen LogP contribution in [0.25, 0.3) is 43.8 Å². The Kier molecular flexibility index (Phi) is 36.9. The number of unbranched alkanes of at least 4 members (excludes halogenated alkanes) is 7. The number of hydrogen-bond donors (Lipinski definition) is 4. The van der Waals surface area contributed by atoms with Gasteiger partial charge in [-0.3, -0.25) is 9.59 Å². The zero-order valence-corrected chi connectivity index (χ0v) is 95.2. The SMILES string of the molecule is CCCCc1ccc(-c2c3ccc(Br)cc3c(-c3ccc(CCCC)cc3)c3ccc(Br)cc23)cc1.CCCCc1ccc(Br)cc1.CCCCc1ccc(C2(O)c3ccc(Br)cc3C(O)(c3ccc(CCCC)cc3)c3ccc(Br)cc32)cc1.CCCCc1ccc(C2(O)c3ccc(Br)cc3C(O)(c3ccc(CCCC)cc3)c3ccc(Br)cc32)cc1.O=C1c2ccc(Br)cc2C(=O)c2ccc(Br)cc21. The molecule has 722 valence electrons. The van der Waals surface area contributed by atoms with Crippen LogP contribution in [-0.4, -0.2) is 32.0 Å². The maximum absolute atomic E-state index is 12.7. The van der Waals surface area contributed by atoms with Crippen LogP contribution >= 0.6 is 143 Å². The van der Waals surface area contributed by atoms with E-state index in [1.807, 2.05) is 121 Å². The monoisotopic (exact) mass is 2440 g/mol. The Balaban J connectivity index is 0.000000140. The minimum absolute atomic E-state index is 0.103. The average Bonchev–Trinajstić information content (AvgIpc) is 0.693. The molecule has 15 heteroatoms. The summed E-state index contributed by atoms with van der Waals surface area (Å²) in [5.41, 5.74) is 19.3. The van der Waals surface area contributed by atoms with Crippen LogP contribution in [0.3, 0.4) is 0 Å². The van der Waals surface area contributed by atoms with Crippen molar-refractivity contribution >= 4 is 176 Å². The van der Waals surface area contributed by atoms with Gasteiger partial charge in [0.25, 0.3) is 0 Å². The summed E-state index contributed by atoms with van der Waals surface area (Å²) in [6.45, 7) is 15.5. The van der Waals surface area contributed by atoms with Crippen LogP contribution in [0.15, 0.2) is 356 Å². The van der Waals surface area contributed by atoms with Gasteiger partial charge in [0.1, 0.15) is 22.4 Å². The van der Waals surface area contributed by atoms with E-state index < -0.39 is 22.4 Å². The summed E-state index contributed by atoms with van der Waals surface area (Å²) in [6, 6.07) is 107. The van der Waals surface area contributed by atoms with Gasteiger partial charge >= 0.3 is 0 Å². The number of carbonyl (C=O) groups is 2. The van der Waals surface area contributed by atoms with Crippen molar-refractivity contribution in [1.82, 2.24) is 0 Å². The normalized spacial score (nSPS) is 16.3. The molecule has 4 atom stereocenters. The second-order valence-electron chi connectivity index (χ2n) is 37.3. The molecule has 6 nitrogen and oxygen atoms in total. The minimum atomic E-state index is -1.42. The third-order valence-corrected chi connectivity index (χ3v) is 32.1. The minimum Gasteiger partial charge on any atom is -0.376 e. The molecule has 0 amide bonds. The Labute approximate surface area is 908 Å². The summed E-state index contributed by atoms with van der Waals surface area (Å²) in [5.74, 6) is -0.207. The number of aliphatic hydroxyl groups is 4. The lowest BCUT2D eigenvalue weighted by molar-refractivity contribution is 0.0746. The number of carbonyl (C=O) groups excluding carboxylic acids is 2. The van der Waals surface area contributed by atoms with E-state index in [-0.39, 0.29) is 11.6 Å². The first kappa shape index (κ1) is 107. The summed E-state index contributed by atoms with van der Waals surface area (Å²) in [5, 5.41) is 55.9. The maximum Gasteiger partial charge on any atom is 0.194 e. The van der Waals surface area contributed by atoms with Gasteiger partial charge in [-0.1, -0.05) is 431 Å². The number of benzene rings is 16. The van der Waals surface area contributed by atoms with Crippen LogP contribution in [0.2, 0.25) is 0 Å². The Morgan fingerprint density at radius 2 is 0.383 bits per heavy atom. The van der Waals surface area contributed by atoms with E-state index in [4.69, 9.17) is 0 Å². The van der Waals surface area contributed by atoms with Gasteiger partial charge in [-0.2, -0.15) is 0 Å².